The number of nitrogens with zero attached hydrogens (tertiary/aromatic N) is 2. The van der Waals surface area contributed by atoms with Crippen LogP contribution in [0.4, 0.5) is 0 Å². The van der Waals surface area contributed by atoms with Crippen LogP contribution in [0, 0.1) is 11.3 Å². The summed E-state index contributed by atoms with van der Waals surface area (Å²) in [6, 6.07) is 9.94. The Labute approximate surface area is 89.2 Å². The van der Waals surface area contributed by atoms with E-state index in [1.165, 1.54) is 5.56 Å². The summed E-state index contributed by atoms with van der Waals surface area (Å²) >= 11 is 0. The fourth-order valence-electron chi connectivity index (χ4n) is 1.79. The normalized spacial score (nSPS) is 10.5. The molecule has 0 N–H and O–H groups in total. The fraction of sp³-hybridized carbons (Fsp3) is 0.231. The summed E-state index contributed by atoms with van der Waals surface area (Å²) < 4.78 is 0. The Hall–Kier alpha value is -1.88. The van der Waals surface area contributed by atoms with Gasteiger partial charge in [-0.1, -0.05) is 26.0 Å². The van der Waals surface area contributed by atoms with Crippen molar-refractivity contribution in [1.82, 2.24) is 4.98 Å². The molecule has 2 rings (SSSR count). The van der Waals surface area contributed by atoms with Crippen LogP contribution in [0.25, 0.3) is 10.9 Å². The van der Waals surface area contributed by atoms with E-state index in [1.807, 2.05) is 18.2 Å². The molecular weight excluding hydrogens is 184 g/mol. The molecule has 15 heavy (non-hydrogen) atoms. The number of hydrogen-bond acceptors (Lipinski definition) is 2. The summed E-state index contributed by atoms with van der Waals surface area (Å²) in [6.45, 7) is 4.29. The summed E-state index contributed by atoms with van der Waals surface area (Å²) in [7, 11) is 0. The van der Waals surface area contributed by atoms with Gasteiger partial charge in [0.25, 0.3) is 0 Å². The van der Waals surface area contributed by atoms with Crippen molar-refractivity contribution in [2.45, 2.75) is 19.8 Å². The zero-order chi connectivity index (χ0) is 10.8. The van der Waals surface area contributed by atoms with E-state index in [2.05, 4.69) is 24.9 Å². The molecule has 0 amide bonds. The highest BCUT2D eigenvalue weighted by Gasteiger charge is 2.07. The van der Waals surface area contributed by atoms with Crippen LogP contribution in [0.3, 0.4) is 0 Å². The van der Waals surface area contributed by atoms with Gasteiger partial charge < -0.3 is 0 Å². The molecule has 1 aromatic carbocycles. The van der Waals surface area contributed by atoms with Crippen molar-refractivity contribution in [1.29, 1.82) is 5.26 Å². The van der Waals surface area contributed by atoms with Crippen molar-refractivity contribution in [2.24, 2.45) is 0 Å². The molecular formula is C13H12N2. The second-order valence-electron chi connectivity index (χ2n) is 3.87. The maximum Gasteiger partial charge on any atom is 0.101 e. The van der Waals surface area contributed by atoms with Crippen LogP contribution in [0.1, 0.15) is 30.9 Å². The SMILES string of the molecule is CC(C)c1ccnc2c(C#N)cccc12. The Morgan fingerprint density at radius 3 is 2.73 bits per heavy atom. The molecule has 0 saturated heterocycles. The lowest BCUT2D eigenvalue weighted by molar-refractivity contribution is 0.874. The van der Waals surface area contributed by atoms with Gasteiger partial charge in [-0.3, -0.25) is 4.98 Å². The first-order chi connectivity index (χ1) is 7.24. The highest BCUT2D eigenvalue weighted by molar-refractivity contribution is 5.87. The lowest BCUT2D eigenvalue weighted by Gasteiger charge is -2.09. The molecule has 74 valence electrons. The van der Waals surface area contributed by atoms with E-state index in [4.69, 9.17) is 5.26 Å². The highest BCUT2D eigenvalue weighted by Crippen LogP contribution is 2.25. The lowest BCUT2D eigenvalue weighted by Crippen LogP contribution is -1.92. The summed E-state index contributed by atoms with van der Waals surface area (Å²) in [5.74, 6) is 0.449. The van der Waals surface area contributed by atoms with Crippen molar-refractivity contribution in [3.8, 4) is 6.07 Å². The Morgan fingerprint density at radius 1 is 1.27 bits per heavy atom. The number of rotatable bonds is 1. The van der Waals surface area contributed by atoms with E-state index in [1.54, 1.807) is 12.3 Å². The maximum atomic E-state index is 8.98. The highest BCUT2D eigenvalue weighted by atomic mass is 14.7. The van der Waals surface area contributed by atoms with Gasteiger partial charge >= 0.3 is 0 Å². The Kier molecular flexibility index (Phi) is 2.39. The number of benzene rings is 1. The molecule has 0 atom stereocenters. The molecule has 0 radical (unpaired) electrons. The van der Waals surface area contributed by atoms with Gasteiger partial charge in [0.15, 0.2) is 0 Å². The second kappa shape index (κ2) is 3.70. The molecule has 0 aliphatic heterocycles. The molecule has 0 spiro atoms. The number of pyridine rings is 1. The van der Waals surface area contributed by atoms with Gasteiger partial charge in [-0.25, -0.2) is 0 Å². The second-order valence-corrected chi connectivity index (χ2v) is 3.87. The van der Waals surface area contributed by atoms with Crippen LogP contribution in [-0.2, 0) is 0 Å². The molecule has 1 aromatic heterocycles. The van der Waals surface area contributed by atoms with Crippen LogP contribution in [0.15, 0.2) is 30.5 Å². The molecule has 1 heterocycles. The smallest absolute Gasteiger partial charge is 0.101 e. The van der Waals surface area contributed by atoms with Gasteiger partial charge in [0.05, 0.1) is 11.1 Å². The minimum atomic E-state index is 0.449. The van der Waals surface area contributed by atoms with Crippen LogP contribution in [-0.4, -0.2) is 4.98 Å². The molecule has 0 unspecified atom stereocenters. The van der Waals surface area contributed by atoms with Crippen LogP contribution in [0.2, 0.25) is 0 Å². The zero-order valence-electron chi connectivity index (χ0n) is 8.86. The number of aromatic nitrogens is 1. The third kappa shape index (κ3) is 1.57. The van der Waals surface area contributed by atoms with E-state index in [0.717, 1.165) is 10.9 Å². The van der Waals surface area contributed by atoms with E-state index in [-0.39, 0.29) is 0 Å². The number of nitriles is 1. The maximum absolute atomic E-state index is 8.98. The lowest BCUT2D eigenvalue weighted by atomic mass is 9.98. The third-order valence-corrected chi connectivity index (χ3v) is 2.55. The summed E-state index contributed by atoms with van der Waals surface area (Å²) in [5.41, 5.74) is 2.71. The van der Waals surface area contributed by atoms with Gasteiger partial charge in [-0.15, -0.1) is 0 Å². The van der Waals surface area contributed by atoms with Gasteiger partial charge in [0.2, 0.25) is 0 Å². The minimum Gasteiger partial charge on any atom is -0.255 e. The topological polar surface area (TPSA) is 36.7 Å². The van der Waals surface area contributed by atoms with E-state index >= 15 is 0 Å². The molecule has 0 aliphatic rings. The molecule has 0 fully saturated rings. The molecule has 0 saturated carbocycles. The first kappa shape index (κ1) is 9.67. The monoisotopic (exact) mass is 196 g/mol. The summed E-state index contributed by atoms with van der Waals surface area (Å²) in [4.78, 5) is 4.27. The van der Waals surface area contributed by atoms with Gasteiger partial charge in [0.1, 0.15) is 6.07 Å². The third-order valence-electron chi connectivity index (χ3n) is 2.55. The predicted octanol–water partition coefficient (Wildman–Crippen LogP) is 3.23. The van der Waals surface area contributed by atoms with Gasteiger partial charge in [-0.2, -0.15) is 5.26 Å². The Balaban J connectivity index is 2.84. The van der Waals surface area contributed by atoms with Gasteiger partial charge in [-0.05, 0) is 23.6 Å². The quantitative estimate of drug-likeness (QED) is 0.702. The van der Waals surface area contributed by atoms with E-state index < -0.39 is 0 Å². The van der Waals surface area contributed by atoms with Crippen LogP contribution >= 0.6 is 0 Å². The largest absolute Gasteiger partial charge is 0.255 e. The van der Waals surface area contributed by atoms with Crippen molar-refractivity contribution in [2.75, 3.05) is 0 Å². The van der Waals surface area contributed by atoms with Crippen LogP contribution in [0.5, 0.6) is 0 Å². The molecule has 2 aromatic rings. The van der Waals surface area contributed by atoms with Crippen molar-refractivity contribution in [3.05, 3.63) is 41.6 Å². The standard InChI is InChI=1S/C13H12N2/c1-9(2)11-6-7-15-13-10(8-14)4-3-5-12(11)13/h3-7,9H,1-2H3. The summed E-state index contributed by atoms with van der Waals surface area (Å²) in [6.07, 6.45) is 1.78. The Morgan fingerprint density at radius 2 is 2.07 bits per heavy atom. The van der Waals surface area contributed by atoms with Gasteiger partial charge in [0, 0.05) is 11.6 Å². The van der Waals surface area contributed by atoms with E-state index in [9.17, 15) is 0 Å². The number of fused-ring (bicyclic) bond motifs is 1. The molecule has 0 bridgehead atoms. The first-order valence-corrected chi connectivity index (χ1v) is 5.01. The number of hydrogen-bond donors (Lipinski definition) is 0. The minimum absolute atomic E-state index is 0.449. The van der Waals surface area contributed by atoms with Crippen molar-refractivity contribution < 1.29 is 0 Å². The summed E-state index contributed by atoms with van der Waals surface area (Å²) in [5, 5.41) is 10.1. The van der Waals surface area contributed by atoms with Crippen LogP contribution < -0.4 is 0 Å². The fourth-order valence-corrected chi connectivity index (χ4v) is 1.79. The predicted molar refractivity (Wildman–Crippen MR) is 60.5 cm³/mol. The van der Waals surface area contributed by atoms with Crippen molar-refractivity contribution >= 4 is 10.9 Å². The molecule has 2 heteroatoms. The van der Waals surface area contributed by atoms with E-state index in [0.29, 0.717) is 11.5 Å². The average Bonchev–Trinajstić information content (AvgIpc) is 2.27. The number of para-hydroxylation sites is 1. The molecule has 0 aliphatic carbocycles. The first-order valence-electron chi connectivity index (χ1n) is 5.01. The molecule has 2 nitrogen and oxygen atoms in total. The zero-order valence-corrected chi connectivity index (χ0v) is 8.86. The van der Waals surface area contributed by atoms with Crippen molar-refractivity contribution in [3.63, 3.8) is 0 Å². The Bertz CT molecular complexity index is 536. The average molecular weight is 196 g/mol.